The minimum absolute atomic E-state index is 0.466. The van der Waals surface area contributed by atoms with Gasteiger partial charge in [-0.3, -0.25) is 0 Å². The van der Waals surface area contributed by atoms with Gasteiger partial charge in [-0.25, -0.2) is 4.68 Å². The van der Waals surface area contributed by atoms with E-state index in [1.807, 2.05) is 25.1 Å². The molecule has 0 saturated heterocycles. The Morgan fingerprint density at radius 2 is 1.95 bits per heavy atom. The van der Waals surface area contributed by atoms with E-state index in [1.54, 1.807) is 23.0 Å². The van der Waals surface area contributed by atoms with Crippen LogP contribution in [0, 0.1) is 6.92 Å². The second kappa shape index (κ2) is 4.89. The predicted molar refractivity (Wildman–Crippen MR) is 80.4 cm³/mol. The number of aryl methyl sites for hydroxylation is 1. The molecule has 2 aromatic heterocycles. The number of anilines is 1. The fraction of sp³-hybridized carbons (Fsp3) is 0.0714. The van der Waals surface area contributed by atoms with Crippen LogP contribution in [0.25, 0.3) is 17.1 Å². The molecule has 0 radical (unpaired) electrons. The maximum absolute atomic E-state index is 6.01. The number of halogens is 2. The zero-order valence-corrected chi connectivity index (χ0v) is 12.1. The van der Waals surface area contributed by atoms with E-state index in [0.29, 0.717) is 27.2 Å². The first-order valence-electron chi connectivity index (χ1n) is 5.92. The molecular formula is C14H11Cl2N3O. The Labute approximate surface area is 125 Å². The van der Waals surface area contributed by atoms with Gasteiger partial charge in [0.2, 0.25) is 0 Å². The van der Waals surface area contributed by atoms with Crippen molar-refractivity contribution in [2.45, 2.75) is 6.92 Å². The van der Waals surface area contributed by atoms with E-state index < -0.39 is 0 Å². The smallest absolute Gasteiger partial charge is 0.156 e. The summed E-state index contributed by atoms with van der Waals surface area (Å²) >= 11 is 11.9. The molecule has 3 aromatic rings. The topological polar surface area (TPSA) is 57.0 Å². The van der Waals surface area contributed by atoms with Gasteiger partial charge in [0.25, 0.3) is 0 Å². The fourth-order valence-electron chi connectivity index (χ4n) is 1.90. The Balaban J connectivity index is 2.06. The summed E-state index contributed by atoms with van der Waals surface area (Å²) in [7, 11) is 0. The first-order valence-corrected chi connectivity index (χ1v) is 6.67. The minimum Gasteiger partial charge on any atom is -0.460 e. The summed E-state index contributed by atoms with van der Waals surface area (Å²) < 4.78 is 7.18. The molecule has 0 aliphatic carbocycles. The number of nitrogen functional groups attached to an aromatic ring is 1. The molecule has 0 fully saturated rings. The summed E-state index contributed by atoms with van der Waals surface area (Å²) in [6.07, 6.45) is 1.72. The van der Waals surface area contributed by atoms with Crippen molar-refractivity contribution in [1.29, 1.82) is 0 Å². The third kappa shape index (κ3) is 2.28. The van der Waals surface area contributed by atoms with E-state index in [4.69, 9.17) is 33.4 Å². The van der Waals surface area contributed by atoms with Gasteiger partial charge in [-0.2, -0.15) is 5.10 Å². The lowest BCUT2D eigenvalue weighted by Gasteiger charge is -2.02. The van der Waals surface area contributed by atoms with Gasteiger partial charge in [0.05, 0.1) is 27.6 Å². The highest BCUT2D eigenvalue weighted by Crippen LogP contribution is 2.29. The Morgan fingerprint density at radius 1 is 1.15 bits per heavy atom. The number of nitrogens with two attached hydrogens (primary N) is 1. The molecule has 0 amide bonds. The zero-order chi connectivity index (χ0) is 14.3. The average Bonchev–Trinajstić information content (AvgIpc) is 2.99. The van der Waals surface area contributed by atoms with Crippen molar-refractivity contribution in [2.24, 2.45) is 0 Å². The first kappa shape index (κ1) is 13.1. The molecule has 0 aliphatic rings. The second-order valence-corrected chi connectivity index (χ2v) is 5.20. The van der Waals surface area contributed by atoms with Crippen LogP contribution in [0.3, 0.4) is 0 Å². The molecule has 2 heterocycles. The van der Waals surface area contributed by atoms with Crippen LogP contribution in [-0.2, 0) is 0 Å². The van der Waals surface area contributed by atoms with Gasteiger partial charge in [0, 0.05) is 0 Å². The summed E-state index contributed by atoms with van der Waals surface area (Å²) in [6.45, 7) is 1.87. The van der Waals surface area contributed by atoms with E-state index >= 15 is 0 Å². The highest BCUT2D eigenvalue weighted by molar-refractivity contribution is 6.42. The third-order valence-electron chi connectivity index (χ3n) is 2.88. The lowest BCUT2D eigenvalue weighted by molar-refractivity contribution is 0.546. The number of furan rings is 1. The summed E-state index contributed by atoms with van der Waals surface area (Å²) in [5.74, 6) is 1.45. The van der Waals surface area contributed by atoms with Gasteiger partial charge in [0.1, 0.15) is 5.76 Å². The Morgan fingerprint density at radius 3 is 2.60 bits per heavy atom. The van der Waals surface area contributed by atoms with Gasteiger partial charge < -0.3 is 10.2 Å². The van der Waals surface area contributed by atoms with Crippen molar-refractivity contribution >= 4 is 28.9 Å². The van der Waals surface area contributed by atoms with Crippen LogP contribution in [-0.4, -0.2) is 9.78 Å². The van der Waals surface area contributed by atoms with Crippen molar-refractivity contribution in [3.8, 4) is 17.1 Å². The van der Waals surface area contributed by atoms with Crippen LogP contribution in [0.2, 0.25) is 10.0 Å². The van der Waals surface area contributed by atoms with Gasteiger partial charge in [0.15, 0.2) is 11.5 Å². The normalized spacial score (nSPS) is 10.9. The Bertz CT molecular complexity index is 777. The van der Waals surface area contributed by atoms with Crippen LogP contribution in [0.15, 0.2) is 40.9 Å². The number of hydrogen-bond acceptors (Lipinski definition) is 3. The highest BCUT2D eigenvalue weighted by atomic mass is 35.5. The predicted octanol–water partition coefficient (Wildman–Crippen LogP) is 4.33. The molecule has 1 aromatic carbocycles. The maximum Gasteiger partial charge on any atom is 0.156 e. The maximum atomic E-state index is 6.01. The van der Waals surface area contributed by atoms with Crippen molar-refractivity contribution < 1.29 is 4.42 Å². The van der Waals surface area contributed by atoms with Gasteiger partial charge in [-0.15, -0.1) is 0 Å². The average molecular weight is 308 g/mol. The van der Waals surface area contributed by atoms with E-state index in [-0.39, 0.29) is 0 Å². The number of rotatable bonds is 2. The molecule has 2 N–H and O–H groups in total. The van der Waals surface area contributed by atoms with Crippen molar-refractivity contribution in [1.82, 2.24) is 9.78 Å². The number of benzene rings is 1. The summed E-state index contributed by atoms with van der Waals surface area (Å²) in [4.78, 5) is 0. The van der Waals surface area contributed by atoms with E-state index in [1.165, 1.54) is 0 Å². The van der Waals surface area contributed by atoms with E-state index in [2.05, 4.69) is 5.10 Å². The highest BCUT2D eigenvalue weighted by Gasteiger charge is 2.13. The minimum atomic E-state index is 0.466. The van der Waals surface area contributed by atoms with Crippen LogP contribution >= 0.6 is 23.2 Å². The van der Waals surface area contributed by atoms with E-state index in [0.717, 1.165) is 11.4 Å². The second-order valence-electron chi connectivity index (χ2n) is 4.39. The lowest BCUT2D eigenvalue weighted by Crippen LogP contribution is -1.94. The van der Waals surface area contributed by atoms with Crippen LogP contribution in [0.5, 0.6) is 0 Å². The van der Waals surface area contributed by atoms with Crippen molar-refractivity contribution in [3.05, 3.63) is 52.3 Å². The third-order valence-corrected chi connectivity index (χ3v) is 3.62. The summed E-state index contributed by atoms with van der Waals surface area (Å²) in [5.41, 5.74) is 7.90. The lowest BCUT2D eigenvalue weighted by atomic mass is 10.3. The Hall–Kier alpha value is -1.91. The van der Waals surface area contributed by atoms with E-state index in [9.17, 15) is 0 Å². The number of hydrogen-bond donors (Lipinski definition) is 1. The fourth-order valence-corrected chi connectivity index (χ4v) is 2.19. The standard InChI is InChI=1S/C14H11Cl2N3O/c1-8-2-5-13(20-8)14-12(17)7-19(18-14)9-3-4-10(15)11(16)6-9/h2-7H,17H2,1H3. The molecular weight excluding hydrogens is 297 g/mol. The van der Waals surface area contributed by atoms with Gasteiger partial charge >= 0.3 is 0 Å². The molecule has 0 unspecified atom stereocenters. The van der Waals surface area contributed by atoms with Crippen LogP contribution in [0.1, 0.15) is 5.76 Å². The number of aromatic nitrogens is 2. The molecule has 20 heavy (non-hydrogen) atoms. The SMILES string of the molecule is Cc1ccc(-c2nn(-c3ccc(Cl)c(Cl)c3)cc2N)o1. The zero-order valence-electron chi connectivity index (χ0n) is 10.6. The van der Waals surface area contributed by atoms with Crippen molar-refractivity contribution in [3.63, 3.8) is 0 Å². The molecule has 0 saturated carbocycles. The van der Waals surface area contributed by atoms with Gasteiger partial charge in [-0.05, 0) is 37.3 Å². The molecule has 0 spiro atoms. The summed E-state index contributed by atoms with van der Waals surface area (Å²) in [5, 5.41) is 5.39. The number of nitrogens with zero attached hydrogens (tertiary/aromatic N) is 2. The Kier molecular flexibility index (Phi) is 3.20. The largest absolute Gasteiger partial charge is 0.460 e. The molecule has 0 bridgehead atoms. The van der Waals surface area contributed by atoms with Crippen LogP contribution < -0.4 is 5.73 Å². The molecule has 0 atom stereocenters. The molecule has 6 heteroatoms. The van der Waals surface area contributed by atoms with Crippen LogP contribution in [0.4, 0.5) is 5.69 Å². The van der Waals surface area contributed by atoms with Gasteiger partial charge in [-0.1, -0.05) is 23.2 Å². The molecule has 102 valence electrons. The van der Waals surface area contributed by atoms with Crippen molar-refractivity contribution in [2.75, 3.05) is 5.73 Å². The molecule has 4 nitrogen and oxygen atoms in total. The summed E-state index contributed by atoms with van der Waals surface area (Å²) in [6, 6.07) is 8.97. The molecule has 3 rings (SSSR count). The molecule has 0 aliphatic heterocycles. The quantitative estimate of drug-likeness (QED) is 0.766. The first-order chi connectivity index (χ1) is 9.54. The monoisotopic (exact) mass is 307 g/mol.